The summed E-state index contributed by atoms with van der Waals surface area (Å²) in [6.07, 6.45) is -2.72. The molecule has 1 aromatic heterocycles. The Bertz CT molecular complexity index is 712. The van der Waals surface area contributed by atoms with Gasteiger partial charge in [-0.1, -0.05) is 11.3 Å². The number of halogens is 3. The van der Waals surface area contributed by atoms with Crippen LogP contribution in [0.3, 0.4) is 0 Å². The van der Waals surface area contributed by atoms with Crippen molar-refractivity contribution in [2.75, 3.05) is 19.0 Å². The molecule has 2 aromatic rings. The number of methoxy groups -OCH3 is 1. The highest BCUT2D eigenvalue weighted by Crippen LogP contribution is 2.37. The third-order valence-electron chi connectivity index (χ3n) is 2.63. The molecule has 0 aliphatic carbocycles. The lowest BCUT2D eigenvalue weighted by molar-refractivity contribution is 0.102. The van der Waals surface area contributed by atoms with E-state index in [0.717, 1.165) is 0 Å². The summed E-state index contributed by atoms with van der Waals surface area (Å²) in [6, 6.07) is 3.03. The molecule has 0 aliphatic heterocycles. The fraction of sp³-hybridized carbons (Fsp3) is 0.308. The van der Waals surface area contributed by atoms with Gasteiger partial charge in [-0.05, 0) is 35.0 Å². The fourth-order valence-electron chi connectivity index (χ4n) is 1.68. The molecule has 0 saturated carbocycles. The van der Waals surface area contributed by atoms with Gasteiger partial charge < -0.3 is 9.47 Å². The highest BCUT2D eigenvalue weighted by atomic mass is 79.9. The van der Waals surface area contributed by atoms with Crippen molar-refractivity contribution in [3.63, 3.8) is 0 Å². The topological polar surface area (TPSA) is 73.3 Å². The monoisotopic (exact) mass is 407 g/mol. The first-order valence-corrected chi connectivity index (χ1v) is 8.00. The minimum atomic E-state index is -2.72. The molecule has 2 rings (SSSR count). The molecule has 0 aliphatic rings. The van der Waals surface area contributed by atoms with E-state index in [9.17, 15) is 13.6 Å². The van der Waals surface area contributed by atoms with Gasteiger partial charge in [-0.3, -0.25) is 10.1 Å². The molecule has 23 heavy (non-hydrogen) atoms. The third-order valence-corrected chi connectivity index (χ3v) is 4.06. The summed E-state index contributed by atoms with van der Waals surface area (Å²) in [5.74, 6) is 0.323. The van der Waals surface area contributed by atoms with Gasteiger partial charge in [0.15, 0.2) is 16.5 Å². The van der Waals surface area contributed by atoms with Crippen LogP contribution in [-0.4, -0.2) is 29.8 Å². The summed E-state index contributed by atoms with van der Waals surface area (Å²) in [5, 5.41) is 8.77. The second-order valence-corrected chi connectivity index (χ2v) is 5.99. The highest BCUT2D eigenvalue weighted by Gasteiger charge is 2.18. The van der Waals surface area contributed by atoms with E-state index in [-0.39, 0.29) is 10.7 Å². The van der Waals surface area contributed by atoms with Crippen LogP contribution in [0.2, 0.25) is 0 Å². The molecule has 0 saturated heterocycles. The first-order chi connectivity index (χ1) is 11.0. The standard InChI is InChI=1S/C13H12BrF2N3O3S/c1-3-22-9-7(14)4-6(5-8(9)21-2)11(20)17-13-19-18-12(23-13)10(15)16/h4-5,10H,3H2,1-2H3,(H,17,19,20). The van der Waals surface area contributed by atoms with E-state index in [1.807, 2.05) is 6.92 Å². The van der Waals surface area contributed by atoms with Crippen LogP contribution in [-0.2, 0) is 0 Å². The van der Waals surface area contributed by atoms with Crippen molar-refractivity contribution in [3.8, 4) is 11.5 Å². The van der Waals surface area contributed by atoms with Crippen LogP contribution < -0.4 is 14.8 Å². The second-order valence-electron chi connectivity index (χ2n) is 4.12. The van der Waals surface area contributed by atoms with Crippen LogP contribution in [0.15, 0.2) is 16.6 Å². The van der Waals surface area contributed by atoms with Crippen LogP contribution in [0, 0.1) is 0 Å². The lowest BCUT2D eigenvalue weighted by Gasteiger charge is -2.12. The van der Waals surface area contributed by atoms with Crippen molar-refractivity contribution < 1.29 is 23.0 Å². The van der Waals surface area contributed by atoms with Gasteiger partial charge in [-0.2, -0.15) is 0 Å². The molecular formula is C13H12BrF2N3O3S. The largest absolute Gasteiger partial charge is 0.493 e. The van der Waals surface area contributed by atoms with Gasteiger partial charge in [0, 0.05) is 5.56 Å². The van der Waals surface area contributed by atoms with Gasteiger partial charge in [0.1, 0.15) is 0 Å². The minimum Gasteiger partial charge on any atom is -0.493 e. The molecule has 0 bridgehead atoms. The van der Waals surface area contributed by atoms with Gasteiger partial charge in [0.2, 0.25) is 5.13 Å². The zero-order valence-corrected chi connectivity index (χ0v) is 14.5. The number of carbonyl (C=O) groups excluding carboxylic acids is 1. The first-order valence-electron chi connectivity index (χ1n) is 6.39. The summed E-state index contributed by atoms with van der Waals surface area (Å²) in [6.45, 7) is 2.25. The molecule has 1 aromatic carbocycles. The number of benzene rings is 1. The smallest absolute Gasteiger partial charge is 0.291 e. The number of rotatable bonds is 6. The average molecular weight is 408 g/mol. The van der Waals surface area contributed by atoms with Crippen LogP contribution in [0.1, 0.15) is 28.7 Å². The Labute approximate surface area is 142 Å². The highest BCUT2D eigenvalue weighted by molar-refractivity contribution is 9.10. The maximum Gasteiger partial charge on any atom is 0.291 e. The maximum absolute atomic E-state index is 12.5. The predicted octanol–water partition coefficient (Wildman–Crippen LogP) is 3.90. The van der Waals surface area contributed by atoms with Crippen molar-refractivity contribution in [3.05, 3.63) is 27.2 Å². The quantitative estimate of drug-likeness (QED) is 0.785. The summed E-state index contributed by atoms with van der Waals surface area (Å²) >= 11 is 3.92. The lowest BCUT2D eigenvalue weighted by Crippen LogP contribution is -2.12. The number of ether oxygens (including phenoxy) is 2. The Morgan fingerprint density at radius 1 is 1.43 bits per heavy atom. The number of alkyl halides is 2. The zero-order valence-electron chi connectivity index (χ0n) is 12.1. The van der Waals surface area contributed by atoms with Crippen LogP contribution in [0.4, 0.5) is 13.9 Å². The average Bonchev–Trinajstić information content (AvgIpc) is 2.97. The second kappa shape index (κ2) is 7.64. The Kier molecular flexibility index (Phi) is 5.83. The molecule has 1 heterocycles. The molecule has 0 unspecified atom stereocenters. The van der Waals surface area contributed by atoms with Crippen molar-refractivity contribution in [1.29, 1.82) is 0 Å². The van der Waals surface area contributed by atoms with E-state index < -0.39 is 17.3 Å². The van der Waals surface area contributed by atoms with Crippen LogP contribution in [0.25, 0.3) is 0 Å². The molecule has 6 nitrogen and oxygen atoms in total. The molecule has 0 spiro atoms. The Hall–Kier alpha value is -1.81. The maximum atomic E-state index is 12.5. The molecule has 0 fully saturated rings. The van der Waals surface area contributed by atoms with E-state index in [4.69, 9.17) is 9.47 Å². The van der Waals surface area contributed by atoms with Crippen molar-refractivity contribution in [2.24, 2.45) is 0 Å². The predicted molar refractivity (Wildman–Crippen MR) is 84.7 cm³/mol. The molecule has 1 N–H and O–H groups in total. The molecule has 0 radical (unpaired) electrons. The van der Waals surface area contributed by atoms with Gasteiger partial charge in [0.25, 0.3) is 12.3 Å². The summed E-state index contributed by atoms with van der Waals surface area (Å²) in [4.78, 5) is 12.2. The molecule has 1 amide bonds. The first kappa shape index (κ1) is 17.5. The van der Waals surface area contributed by atoms with Gasteiger partial charge in [-0.15, -0.1) is 10.2 Å². The Morgan fingerprint density at radius 2 is 2.17 bits per heavy atom. The van der Waals surface area contributed by atoms with Crippen LogP contribution in [0.5, 0.6) is 11.5 Å². The molecule has 0 atom stereocenters. The summed E-state index contributed by atoms with van der Waals surface area (Å²) in [7, 11) is 1.45. The summed E-state index contributed by atoms with van der Waals surface area (Å²) < 4.78 is 36.1. The number of anilines is 1. The van der Waals surface area contributed by atoms with E-state index in [1.165, 1.54) is 19.2 Å². The van der Waals surface area contributed by atoms with Crippen LogP contribution >= 0.6 is 27.3 Å². The van der Waals surface area contributed by atoms with E-state index in [1.54, 1.807) is 0 Å². The fourth-order valence-corrected chi connectivity index (χ4v) is 2.83. The number of nitrogens with zero attached hydrogens (tertiary/aromatic N) is 2. The Balaban J connectivity index is 2.23. The molecule has 124 valence electrons. The van der Waals surface area contributed by atoms with E-state index in [0.29, 0.717) is 33.9 Å². The van der Waals surface area contributed by atoms with Crippen molar-refractivity contribution in [2.45, 2.75) is 13.3 Å². The van der Waals surface area contributed by atoms with E-state index in [2.05, 4.69) is 31.4 Å². The molecule has 10 heteroatoms. The normalized spacial score (nSPS) is 10.7. The lowest BCUT2D eigenvalue weighted by atomic mass is 10.2. The molecular weight excluding hydrogens is 396 g/mol. The number of nitrogens with one attached hydrogen (secondary N) is 1. The van der Waals surface area contributed by atoms with Crippen molar-refractivity contribution >= 4 is 38.3 Å². The number of hydrogen-bond acceptors (Lipinski definition) is 6. The SMILES string of the molecule is CCOc1c(Br)cc(C(=O)Nc2nnc(C(F)F)s2)cc1OC. The van der Waals surface area contributed by atoms with Crippen molar-refractivity contribution in [1.82, 2.24) is 10.2 Å². The number of aromatic nitrogens is 2. The Morgan fingerprint density at radius 3 is 2.74 bits per heavy atom. The van der Waals surface area contributed by atoms with E-state index >= 15 is 0 Å². The zero-order chi connectivity index (χ0) is 17.0. The van der Waals surface area contributed by atoms with Gasteiger partial charge in [0.05, 0.1) is 18.2 Å². The number of amides is 1. The number of hydrogen-bond donors (Lipinski definition) is 1. The summed E-state index contributed by atoms with van der Waals surface area (Å²) in [5.41, 5.74) is 0.256. The number of carbonyl (C=O) groups is 1. The third kappa shape index (κ3) is 4.14. The minimum absolute atomic E-state index is 0.00530. The van der Waals surface area contributed by atoms with Gasteiger partial charge >= 0.3 is 0 Å². The van der Waals surface area contributed by atoms with Gasteiger partial charge in [-0.25, -0.2) is 8.78 Å².